The molecule has 0 saturated carbocycles. The predicted octanol–water partition coefficient (Wildman–Crippen LogP) is 0.630. The third-order valence-corrected chi connectivity index (χ3v) is 3.58. The van der Waals surface area contributed by atoms with Crippen molar-refractivity contribution in [3.05, 3.63) is 52.8 Å². The number of aromatic nitrogens is 1. The highest BCUT2D eigenvalue weighted by Gasteiger charge is 2.18. The van der Waals surface area contributed by atoms with E-state index in [0.29, 0.717) is 23.3 Å². The molecule has 23 heavy (non-hydrogen) atoms. The number of anilines is 1. The molecule has 6 nitrogen and oxygen atoms in total. The number of benzene rings is 1. The van der Waals surface area contributed by atoms with Crippen LogP contribution in [-0.4, -0.2) is 24.5 Å². The minimum Gasteiger partial charge on any atom is -0.495 e. The Hall–Kier alpha value is -3.20. The second-order valence-electron chi connectivity index (χ2n) is 5.05. The van der Waals surface area contributed by atoms with E-state index < -0.39 is 0 Å². The number of ether oxygens (including phenoxy) is 1. The molecule has 1 unspecified atom stereocenters. The summed E-state index contributed by atoms with van der Waals surface area (Å²) in [5.41, 5.74) is 1.71. The number of pyridine rings is 1. The van der Waals surface area contributed by atoms with Crippen LogP contribution in [0.15, 0.2) is 41.5 Å². The average molecular weight is 306 g/mol. The second kappa shape index (κ2) is 6.28. The average Bonchev–Trinajstić information content (AvgIpc) is 2.59. The third kappa shape index (κ3) is 3.04. The van der Waals surface area contributed by atoms with E-state index in [1.807, 2.05) is 18.2 Å². The summed E-state index contributed by atoms with van der Waals surface area (Å²) in [5, 5.41) is 13.0. The largest absolute Gasteiger partial charge is 0.495 e. The van der Waals surface area contributed by atoms with Gasteiger partial charge in [-0.2, -0.15) is 10.3 Å². The van der Waals surface area contributed by atoms with Crippen LogP contribution in [0.5, 0.6) is 5.75 Å². The summed E-state index contributed by atoms with van der Waals surface area (Å²) in [6.45, 7) is 0.408. The summed E-state index contributed by atoms with van der Waals surface area (Å²) in [4.78, 5) is 20.1. The Morgan fingerprint density at radius 2 is 2.26 bits per heavy atom. The van der Waals surface area contributed by atoms with Gasteiger partial charge in [0.25, 0.3) is 5.91 Å². The first-order valence-electron chi connectivity index (χ1n) is 7.08. The molecular weight excluding hydrogens is 292 g/mol. The van der Waals surface area contributed by atoms with Gasteiger partial charge in [-0.3, -0.25) is 4.79 Å². The van der Waals surface area contributed by atoms with Crippen molar-refractivity contribution in [1.29, 1.82) is 5.26 Å². The Balaban J connectivity index is 1.78. The van der Waals surface area contributed by atoms with Gasteiger partial charge >= 0.3 is 0 Å². The minimum absolute atomic E-state index is 0.218. The Labute approximate surface area is 132 Å². The molecule has 2 heterocycles. The number of nitrogens with zero attached hydrogens (tertiary/aromatic N) is 3. The van der Waals surface area contributed by atoms with Gasteiger partial charge in [0.2, 0.25) is 0 Å². The standard InChI is InChI=1S/C17H14N4O2/c1-23-15-8-14(5-4-12(15)9-18)20-10-13-7-11-3-2-6-19-16(11)21-17(13)22/h2-8,13,20H,10H2,1H3. The first-order chi connectivity index (χ1) is 11.2. The molecule has 6 heteroatoms. The minimum atomic E-state index is -0.353. The molecule has 2 aromatic rings. The zero-order valence-electron chi connectivity index (χ0n) is 12.5. The van der Waals surface area contributed by atoms with Crippen molar-refractivity contribution in [3.63, 3.8) is 0 Å². The number of hydrogen-bond acceptors (Lipinski definition) is 5. The molecule has 0 saturated heterocycles. The SMILES string of the molecule is COc1cc(NCC2C=c3cccnc3=NC2=O)ccc1C#N. The lowest BCUT2D eigenvalue weighted by Gasteiger charge is -2.14. The van der Waals surface area contributed by atoms with Crippen molar-refractivity contribution in [2.45, 2.75) is 0 Å². The van der Waals surface area contributed by atoms with Crippen LogP contribution in [0.3, 0.4) is 0 Å². The van der Waals surface area contributed by atoms with Gasteiger partial charge in [-0.25, -0.2) is 4.98 Å². The summed E-state index contributed by atoms with van der Waals surface area (Å²) in [6.07, 6.45) is 3.48. The van der Waals surface area contributed by atoms with E-state index in [1.54, 1.807) is 24.4 Å². The molecule has 0 bridgehead atoms. The number of carbonyl (C=O) groups excluding carboxylic acids is 1. The van der Waals surface area contributed by atoms with Crippen LogP contribution in [0.2, 0.25) is 0 Å². The van der Waals surface area contributed by atoms with E-state index in [9.17, 15) is 4.79 Å². The molecule has 3 rings (SSSR count). The highest BCUT2D eigenvalue weighted by molar-refractivity contribution is 5.86. The third-order valence-electron chi connectivity index (χ3n) is 3.58. The zero-order chi connectivity index (χ0) is 16.2. The van der Waals surface area contributed by atoms with Crippen molar-refractivity contribution >= 4 is 17.7 Å². The van der Waals surface area contributed by atoms with Gasteiger partial charge in [0, 0.05) is 29.7 Å². The molecule has 1 N–H and O–H groups in total. The van der Waals surface area contributed by atoms with Gasteiger partial charge in [-0.15, -0.1) is 0 Å². The first-order valence-corrected chi connectivity index (χ1v) is 7.08. The monoisotopic (exact) mass is 306 g/mol. The topological polar surface area (TPSA) is 87.4 Å². The molecule has 0 fully saturated rings. The van der Waals surface area contributed by atoms with E-state index in [-0.39, 0.29) is 11.8 Å². The fourth-order valence-corrected chi connectivity index (χ4v) is 2.38. The summed E-state index contributed by atoms with van der Waals surface area (Å²) in [6, 6.07) is 11.0. The molecular formula is C17H14N4O2. The predicted molar refractivity (Wildman–Crippen MR) is 84.2 cm³/mol. The Bertz CT molecular complexity index is 915. The maximum atomic E-state index is 12.1. The van der Waals surface area contributed by atoms with E-state index in [0.717, 1.165) is 10.9 Å². The lowest BCUT2D eigenvalue weighted by Crippen LogP contribution is -2.37. The van der Waals surface area contributed by atoms with Gasteiger partial charge in [-0.1, -0.05) is 6.08 Å². The van der Waals surface area contributed by atoms with Crippen LogP contribution in [-0.2, 0) is 4.79 Å². The molecule has 0 spiro atoms. The van der Waals surface area contributed by atoms with Crippen LogP contribution in [0.1, 0.15) is 5.56 Å². The van der Waals surface area contributed by atoms with Crippen molar-refractivity contribution in [1.82, 2.24) is 4.98 Å². The number of nitriles is 1. The Kier molecular flexibility index (Phi) is 4.02. The number of hydrogen-bond donors (Lipinski definition) is 1. The van der Waals surface area contributed by atoms with Crippen molar-refractivity contribution in [2.24, 2.45) is 10.9 Å². The second-order valence-corrected chi connectivity index (χ2v) is 5.05. The van der Waals surface area contributed by atoms with Crippen LogP contribution >= 0.6 is 0 Å². The molecule has 114 valence electrons. The lowest BCUT2D eigenvalue weighted by atomic mass is 10.1. The van der Waals surface area contributed by atoms with Crippen molar-refractivity contribution < 1.29 is 9.53 Å². The van der Waals surface area contributed by atoms with E-state index in [2.05, 4.69) is 21.4 Å². The van der Waals surface area contributed by atoms with Crippen LogP contribution in [0.25, 0.3) is 6.08 Å². The zero-order valence-corrected chi connectivity index (χ0v) is 12.5. The molecule has 0 radical (unpaired) electrons. The molecule has 1 aromatic heterocycles. The lowest BCUT2D eigenvalue weighted by molar-refractivity contribution is -0.119. The Morgan fingerprint density at radius 3 is 3.04 bits per heavy atom. The normalized spacial score (nSPS) is 15.7. The summed E-state index contributed by atoms with van der Waals surface area (Å²) >= 11 is 0. The van der Waals surface area contributed by atoms with E-state index in [4.69, 9.17) is 10.00 Å². The van der Waals surface area contributed by atoms with Crippen molar-refractivity contribution in [3.8, 4) is 11.8 Å². The van der Waals surface area contributed by atoms with Crippen LogP contribution in [0.4, 0.5) is 5.69 Å². The van der Waals surface area contributed by atoms with Gasteiger partial charge in [0.15, 0.2) is 5.49 Å². The van der Waals surface area contributed by atoms with Gasteiger partial charge in [0.05, 0.1) is 18.6 Å². The van der Waals surface area contributed by atoms with Crippen molar-refractivity contribution in [2.75, 3.05) is 19.0 Å². The molecule has 1 amide bonds. The molecule has 0 aliphatic carbocycles. The number of amides is 1. The summed E-state index contributed by atoms with van der Waals surface area (Å²) in [5.74, 6) is -0.0756. The number of nitrogens with one attached hydrogen (secondary N) is 1. The smallest absolute Gasteiger partial charge is 0.256 e. The van der Waals surface area contributed by atoms with Crippen LogP contribution in [0, 0.1) is 17.2 Å². The number of carbonyl (C=O) groups is 1. The van der Waals surface area contributed by atoms with Gasteiger partial charge < -0.3 is 10.1 Å². The maximum absolute atomic E-state index is 12.1. The fraction of sp³-hybridized carbons (Fsp3) is 0.176. The molecule has 1 aromatic carbocycles. The first kappa shape index (κ1) is 14.7. The Morgan fingerprint density at radius 1 is 1.39 bits per heavy atom. The summed E-state index contributed by atoms with van der Waals surface area (Å²) in [7, 11) is 1.52. The maximum Gasteiger partial charge on any atom is 0.256 e. The summed E-state index contributed by atoms with van der Waals surface area (Å²) < 4.78 is 5.17. The highest BCUT2D eigenvalue weighted by atomic mass is 16.5. The van der Waals surface area contributed by atoms with E-state index >= 15 is 0 Å². The van der Waals surface area contributed by atoms with Crippen LogP contribution < -0.4 is 20.8 Å². The number of methoxy groups -OCH3 is 1. The van der Waals surface area contributed by atoms with Gasteiger partial charge in [0.1, 0.15) is 11.8 Å². The number of fused-ring (bicyclic) bond motifs is 1. The highest BCUT2D eigenvalue weighted by Crippen LogP contribution is 2.22. The molecule has 1 atom stereocenters. The number of rotatable bonds is 4. The molecule has 1 aliphatic heterocycles. The van der Waals surface area contributed by atoms with E-state index in [1.165, 1.54) is 7.11 Å². The molecule has 1 aliphatic rings. The van der Waals surface area contributed by atoms with Gasteiger partial charge in [-0.05, 0) is 24.3 Å². The fourth-order valence-electron chi connectivity index (χ4n) is 2.38. The quantitative estimate of drug-likeness (QED) is 0.895.